The van der Waals surface area contributed by atoms with Crippen LogP contribution in [-0.4, -0.2) is 29.4 Å². The van der Waals surface area contributed by atoms with Gasteiger partial charge in [0.1, 0.15) is 5.75 Å². The van der Waals surface area contributed by atoms with Crippen molar-refractivity contribution < 1.29 is 19.7 Å². The molecule has 0 bridgehead atoms. The van der Waals surface area contributed by atoms with E-state index in [0.29, 0.717) is 22.9 Å². The Morgan fingerprint density at radius 2 is 1.64 bits per heavy atom. The summed E-state index contributed by atoms with van der Waals surface area (Å²) in [6.07, 6.45) is 1.16. The van der Waals surface area contributed by atoms with Crippen LogP contribution in [0.5, 0.6) is 5.75 Å². The number of fused-ring (bicyclic) bond motifs is 1. The molecule has 4 aromatic carbocycles. The molecule has 0 aliphatic rings. The Kier molecular flexibility index (Phi) is 8.36. The second-order valence-electron chi connectivity index (χ2n) is 8.73. The Balaban J connectivity index is 1.47. The van der Waals surface area contributed by atoms with Gasteiger partial charge in [0, 0.05) is 5.69 Å². The SMILES string of the molecule is COc1ccc2cc(CCC(O)CC(Nc3ccc(C(=O)O)cc3)c3ccc(Cl)c(Cl)c3)ccc2c1. The first-order valence-corrected chi connectivity index (χ1v) is 12.4. The Bertz CT molecular complexity index is 1360. The molecule has 0 aromatic heterocycles. The Hall–Kier alpha value is -3.25. The van der Waals surface area contributed by atoms with E-state index in [1.165, 1.54) is 0 Å². The summed E-state index contributed by atoms with van der Waals surface area (Å²) >= 11 is 12.4. The van der Waals surface area contributed by atoms with Crippen molar-refractivity contribution in [3.63, 3.8) is 0 Å². The van der Waals surface area contributed by atoms with Crippen LogP contribution in [0.25, 0.3) is 10.8 Å². The lowest BCUT2D eigenvalue weighted by Crippen LogP contribution is -2.19. The number of aromatic carboxylic acids is 1. The van der Waals surface area contributed by atoms with E-state index in [0.717, 1.165) is 39.8 Å². The number of methoxy groups -OCH3 is 1. The average Bonchev–Trinajstić information content (AvgIpc) is 2.88. The van der Waals surface area contributed by atoms with E-state index >= 15 is 0 Å². The highest BCUT2D eigenvalue weighted by Gasteiger charge is 2.18. The summed E-state index contributed by atoms with van der Waals surface area (Å²) in [5.41, 5.74) is 2.98. The van der Waals surface area contributed by atoms with Crippen molar-refractivity contribution in [2.24, 2.45) is 0 Å². The first kappa shape index (κ1) is 25.8. The molecule has 7 heteroatoms. The normalized spacial score (nSPS) is 12.8. The van der Waals surface area contributed by atoms with Crippen LogP contribution in [0.1, 0.15) is 40.4 Å². The second kappa shape index (κ2) is 11.7. The molecule has 3 N–H and O–H groups in total. The van der Waals surface area contributed by atoms with Crippen molar-refractivity contribution in [2.75, 3.05) is 12.4 Å². The molecule has 5 nitrogen and oxygen atoms in total. The number of hydrogen-bond acceptors (Lipinski definition) is 4. The molecular formula is C29H27Cl2NO4. The summed E-state index contributed by atoms with van der Waals surface area (Å²) in [7, 11) is 1.65. The van der Waals surface area contributed by atoms with Crippen molar-refractivity contribution in [2.45, 2.75) is 31.4 Å². The van der Waals surface area contributed by atoms with Gasteiger partial charge in [0.05, 0.1) is 34.9 Å². The molecule has 4 rings (SSSR count). The highest BCUT2D eigenvalue weighted by Crippen LogP contribution is 2.31. The zero-order valence-electron chi connectivity index (χ0n) is 19.7. The van der Waals surface area contributed by atoms with E-state index in [4.69, 9.17) is 33.0 Å². The van der Waals surface area contributed by atoms with E-state index in [1.54, 1.807) is 43.5 Å². The molecule has 0 fully saturated rings. The van der Waals surface area contributed by atoms with Crippen LogP contribution < -0.4 is 10.1 Å². The summed E-state index contributed by atoms with van der Waals surface area (Å²) in [4.78, 5) is 11.2. The van der Waals surface area contributed by atoms with Crippen LogP contribution >= 0.6 is 23.2 Å². The number of hydrogen-bond donors (Lipinski definition) is 3. The molecule has 36 heavy (non-hydrogen) atoms. The number of carbonyl (C=O) groups is 1. The predicted molar refractivity (Wildman–Crippen MR) is 146 cm³/mol. The lowest BCUT2D eigenvalue weighted by Gasteiger charge is -2.24. The Morgan fingerprint density at radius 1 is 0.917 bits per heavy atom. The number of benzene rings is 4. The number of rotatable bonds is 10. The van der Waals surface area contributed by atoms with Gasteiger partial charge in [0.15, 0.2) is 0 Å². The lowest BCUT2D eigenvalue weighted by atomic mass is 9.96. The van der Waals surface area contributed by atoms with Crippen LogP contribution in [-0.2, 0) is 6.42 Å². The van der Waals surface area contributed by atoms with Gasteiger partial charge in [0.2, 0.25) is 0 Å². The van der Waals surface area contributed by atoms with Gasteiger partial charge < -0.3 is 20.3 Å². The fourth-order valence-corrected chi connectivity index (χ4v) is 4.50. The molecule has 0 saturated heterocycles. The van der Waals surface area contributed by atoms with Gasteiger partial charge in [-0.3, -0.25) is 0 Å². The molecular weight excluding hydrogens is 497 g/mol. The van der Waals surface area contributed by atoms with E-state index < -0.39 is 12.1 Å². The minimum absolute atomic E-state index is 0.209. The number of aryl methyl sites for hydroxylation is 1. The van der Waals surface area contributed by atoms with Crippen molar-refractivity contribution in [1.82, 2.24) is 0 Å². The molecule has 2 unspecified atom stereocenters. The van der Waals surface area contributed by atoms with Crippen molar-refractivity contribution in [1.29, 1.82) is 0 Å². The van der Waals surface area contributed by atoms with Crippen LogP contribution in [0.2, 0.25) is 10.0 Å². The van der Waals surface area contributed by atoms with Gasteiger partial charge >= 0.3 is 5.97 Å². The fourth-order valence-electron chi connectivity index (χ4n) is 4.20. The van der Waals surface area contributed by atoms with Gasteiger partial charge in [0.25, 0.3) is 0 Å². The summed E-state index contributed by atoms with van der Waals surface area (Å²) in [6, 6.07) is 23.9. The smallest absolute Gasteiger partial charge is 0.335 e. The molecule has 0 amide bonds. The highest BCUT2D eigenvalue weighted by atomic mass is 35.5. The van der Waals surface area contributed by atoms with Crippen LogP contribution in [0, 0.1) is 0 Å². The highest BCUT2D eigenvalue weighted by molar-refractivity contribution is 6.42. The minimum Gasteiger partial charge on any atom is -0.497 e. The number of halogens is 2. The molecule has 0 spiro atoms. The molecule has 0 saturated carbocycles. The third-order valence-corrected chi connectivity index (χ3v) is 6.94. The maximum absolute atomic E-state index is 11.2. The van der Waals surface area contributed by atoms with E-state index in [1.807, 2.05) is 24.3 Å². The maximum Gasteiger partial charge on any atom is 0.335 e. The zero-order valence-corrected chi connectivity index (χ0v) is 21.3. The zero-order chi connectivity index (χ0) is 25.7. The van der Waals surface area contributed by atoms with E-state index in [2.05, 4.69) is 23.5 Å². The number of anilines is 1. The first-order valence-electron chi connectivity index (χ1n) is 11.6. The predicted octanol–water partition coefficient (Wildman–Crippen LogP) is 7.39. The maximum atomic E-state index is 11.2. The van der Waals surface area contributed by atoms with Gasteiger partial charge in [-0.15, -0.1) is 0 Å². The largest absolute Gasteiger partial charge is 0.497 e. The number of aliphatic hydroxyl groups is 1. The van der Waals surface area contributed by atoms with E-state index in [-0.39, 0.29) is 11.6 Å². The lowest BCUT2D eigenvalue weighted by molar-refractivity contribution is 0.0697. The van der Waals surface area contributed by atoms with Crippen molar-refractivity contribution in [3.05, 3.63) is 106 Å². The summed E-state index contributed by atoms with van der Waals surface area (Å²) in [6.45, 7) is 0. The van der Waals surface area contributed by atoms with Gasteiger partial charge in [-0.05, 0) is 89.7 Å². The van der Waals surface area contributed by atoms with Gasteiger partial charge in [-0.2, -0.15) is 0 Å². The monoisotopic (exact) mass is 523 g/mol. The number of carboxylic acid groups (broad SMARTS) is 1. The molecule has 0 heterocycles. The molecule has 2 atom stereocenters. The summed E-state index contributed by atoms with van der Waals surface area (Å²) in [5, 5.41) is 26.6. The van der Waals surface area contributed by atoms with Crippen LogP contribution in [0.3, 0.4) is 0 Å². The summed E-state index contributed by atoms with van der Waals surface area (Å²) in [5.74, 6) is -0.157. The van der Waals surface area contributed by atoms with Crippen molar-refractivity contribution in [3.8, 4) is 5.75 Å². The van der Waals surface area contributed by atoms with E-state index in [9.17, 15) is 9.90 Å². The number of ether oxygens (including phenoxy) is 1. The number of carboxylic acids is 1. The summed E-state index contributed by atoms with van der Waals surface area (Å²) < 4.78 is 5.30. The first-order chi connectivity index (χ1) is 17.3. The Labute approximate surface area is 220 Å². The van der Waals surface area contributed by atoms with Crippen LogP contribution in [0.4, 0.5) is 5.69 Å². The molecule has 0 aliphatic heterocycles. The Morgan fingerprint density at radius 3 is 2.33 bits per heavy atom. The van der Waals surface area contributed by atoms with Gasteiger partial charge in [-0.25, -0.2) is 4.79 Å². The topological polar surface area (TPSA) is 78.8 Å². The third-order valence-electron chi connectivity index (χ3n) is 6.20. The number of nitrogens with one attached hydrogen (secondary N) is 1. The molecule has 4 aromatic rings. The molecule has 0 radical (unpaired) electrons. The second-order valence-corrected chi connectivity index (χ2v) is 9.54. The molecule has 186 valence electrons. The van der Waals surface area contributed by atoms with Gasteiger partial charge in [-0.1, -0.05) is 53.5 Å². The minimum atomic E-state index is -0.981. The van der Waals surface area contributed by atoms with Crippen LogP contribution in [0.15, 0.2) is 78.9 Å². The van der Waals surface area contributed by atoms with Crippen molar-refractivity contribution >= 4 is 45.6 Å². The number of aliphatic hydroxyl groups excluding tert-OH is 1. The fraction of sp³-hybridized carbons (Fsp3) is 0.207. The third kappa shape index (κ3) is 6.49. The quantitative estimate of drug-likeness (QED) is 0.202. The molecule has 0 aliphatic carbocycles. The standard InChI is InChI=1S/C29H27Cl2NO4/c1-36-25-12-7-20-14-18(2-4-21(20)15-25)3-11-24(33)17-28(22-8-13-26(30)27(31)16-22)32-23-9-5-19(6-10-23)29(34)35/h2,4-10,12-16,24,28,32-33H,3,11,17H2,1H3,(H,34,35). The average molecular weight is 524 g/mol.